The summed E-state index contributed by atoms with van der Waals surface area (Å²) >= 11 is 3.33. The second-order valence-electron chi connectivity index (χ2n) is 5.41. The number of nitrogens with one attached hydrogen (secondary N) is 1. The molecule has 1 aromatic carbocycles. The summed E-state index contributed by atoms with van der Waals surface area (Å²) in [7, 11) is 0. The van der Waals surface area contributed by atoms with Crippen LogP contribution < -0.4 is 5.32 Å². The summed E-state index contributed by atoms with van der Waals surface area (Å²) < 4.78 is 14.4. The van der Waals surface area contributed by atoms with Crippen molar-refractivity contribution in [3.05, 3.63) is 34.1 Å². The molecule has 0 aliphatic heterocycles. The molecule has 1 aliphatic carbocycles. The summed E-state index contributed by atoms with van der Waals surface area (Å²) in [6, 6.07) is 4.91. The Labute approximate surface area is 122 Å². The lowest BCUT2D eigenvalue weighted by Gasteiger charge is -2.16. The second kappa shape index (κ2) is 7.36. The van der Waals surface area contributed by atoms with Crippen LogP contribution in [0.3, 0.4) is 0 Å². The molecule has 0 spiro atoms. The fraction of sp³-hybridized carbons (Fsp3) is 0.600. The second-order valence-corrected chi connectivity index (χ2v) is 6.32. The van der Waals surface area contributed by atoms with Crippen LogP contribution in [0.25, 0.3) is 0 Å². The maximum absolute atomic E-state index is 13.5. The molecule has 1 atom stereocenters. The lowest BCUT2D eigenvalue weighted by atomic mass is 10.00. The summed E-state index contributed by atoms with van der Waals surface area (Å²) in [6.07, 6.45) is 5.64. The molecule has 4 heteroatoms. The van der Waals surface area contributed by atoms with E-state index in [1.54, 1.807) is 12.1 Å². The summed E-state index contributed by atoms with van der Waals surface area (Å²) in [5.74, 6) is 0.473. The number of halogens is 2. The third-order valence-corrected chi connectivity index (χ3v) is 4.28. The van der Waals surface area contributed by atoms with Gasteiger partial charge in [0.25, 0.3) is 0 Å². The predicted octanol–water partition coefficient (Wildman–Crippen LogP) is 3.62. The highest BCUT2D eigenvalue weighted by Gasteiger charge is 2.18. The minimum atomic E-state index is -0.321. The van der Waals surface area contributed by atoms with Crippen molar-refractivity contribution in [3.63, 3.8) is 0 Å². The van der Waals surface area contributed by atoms with Crippen LogP contribution in [0.1, 0.15) is 37.7 Å². The van der Waals surface area contributed by atoms with E-state index in [1.165, 1.54) is 31.7 Å². The highest BCUT2D eigenvalue weighted by Crippen LogP contribution is 2.28. The quantitative estimate of drug-likeness (QED) is 0.835. The molecule has 106 valence electrons. The van der Waals surface area contributed by atoms with Crippen molar-refractivity contribution >= 4 is 15.9 Å². The molecule has 0 saturated heterocycles. The van der Waals surface area contributed by atoms with Crippen molar-refractivity contribution in [1.29, 1.82) is 0 Å². The Hall–Kier alpha value is -0.450. The fourth-order valence-corrected chi connectivity index (χ4v) is 3.17. The molecule has 0 aromatic heterocycles. The third-order valence-electron chi connectivity index (χ3n) is 3.78. The number of hydrogen-bond acceptors (Lipinski definition) is 2. The van der Waals surface area contributed by atoms with Gasteiger partial charge in [-0.15, -0.1) is 0 Å². The lowest BCUT2D eigenvalue weighted by Crippen LogP contribution is -2.28. The van der Waals surface area contributed by atoms with E-state index in [2.05, 4.69) is 21.2 Å². The first kappa shape index (κ1) is 14.9. The molecule has 0 radical (unpaired) electrons. The molecule has 2 rings (SSSR count). The molecular formula is C15H21BrFNO. The van der Waals surface area contributed by atoms with Crippen molar-refractivity contribution in [2.24, 2.45) is 5.92 Å². The maximum Gasteiger partial charge on any atom is 0.127 e. The number of benzene rings is 1. The fourth-order valence-electron chi connectivity index (χ4n) is 2.77. The van der Waals surface area contributed by atoms with E-state index in [4.69, 9.17) is 0 Å². The summed E-state index contributed by atoms with van der Waals surface area (Å²) in [5, 5.41) is 13.1. The average molecular weight is 330 g/mol. The van der Waals surface area contributed by atoms with Crippen LogP contribution in [0.4, 0.5) is 4.39 Å². The molecule has 1 unspecified atom stereocenters. The van der Waals surface area contributed by atoms with Crippen LogP contribution in [0.15, 0.2) is 22.7 Å². The van der Waals surface area contributed by atoms with Crippen molar-refractivity contribution in [2.45, 2.75) is 44.8 Å². The smallest absolute Gasteiger partial charge is 0.127 e. The first-order valence-electron chi connectivity index (χ1n) is 6.98. The minimum absolute atomic E-state index is 0.207. The lowest BCUT2D eigenvalue weighted by molar-refractivity contribution is 0.140. The van der Waals surface area contributed by atoms with Gasteiger partial charge >= 0.3 is 0 Å². The van der Waals surface area contributed by atoms with Crippen molar-refractivity contribution in [1.82, 2.24) is 5.32 Å². The van der Waals surface area contributed by atoms with Gasteiger partial charge in [-0.3, -0.25) is 0 Å². The van der Waals surface area contributed by atoms with Gasteiger partial charge in [-0.1, -0.05) is 41.6 Å². The molecule has 1 aromatic rings. The average Bonchev–Trinajstić information content (AvgIpc) is 2.86. The van der Waals surface area contributed by atoms with Crippen LogP contribution in [0.5, 0.6) is 0 Å². The topological polar surface area (TPSA) is 32.3 Å². The number of aliphatic hydroxyl groups is 1. The van der Waals surface area contributed by atoms with Gasteiger partial charge in [0.1, 0.15) is 5.82 Å². The molecule has 2 N–H and O–H groups in total. The van der Waals surface area contributed by atoms with Gasteiger partial charge < -0.3 is 10.4 Å². The van der Waals surface area contributed by atoms with Gasteiger partial charge in [-0.25, -0.2) is 4.39 Å². The molecule has 2 nitrogen and oxygen atoms in total. The van der Waals surface area contributed by atoms with E-state index in [0.717, 1.165) is 10.9 Å². The van der Waals surface area contributed by atoms with Crippen LogP contribution >= 0.6 is 15.9 Å². The largest absolute Gasteiger partial charge is 0.392 e. The number of hydrogen-bond donors (Lipinski definition) is 2. The Balaban J connectivity index is 1.71. The maximum atomic E-state index is 13.5. The monoisotopic (exact) mass is 329 g/mol. The minimum Gasteiger partial charge on any atom is -0.392 e. The molecule has 1 fully saturated rings. The van der Waals surface area contributed by atoms with Crippen molar-refractivity contribution in [2.75, 3.05) is 6.54 Å². The van der Waals surface area contributed by atoms with E-state index in [0.29, 0.717) is 24.6 Å². The number of aliphatic hydroxyl groups excluding tert-OH is 1. The van der Waals surface area contributed by atoms with Crippen LogP contribution in [-0.2, 0) is 6.54 Å². The Morgan fingerprint density at radius 3 is 2.84 bits per heavy atom. The highest BCUT2D eigenvalue weighted by atomic mass is 79.9. The van der Waals surface area contributed by atoms with Crippen LogP contribution in [-0.4, -0.2) is 17.8 Å². The van der Waals surface area contributed by atoms with Gasteiger partial charge in [-0.05, 0) is 30.5 Å². The van der Waals surface area contributed by atoms with E-state index >= 15 is 0 Å². The molecule has 0 heterocycles. The standard InChI is InChI=1S/C15H21BrFNO/c16-13-5-6-15(17)12(8-13)9-18-10-14(19)7-11-3-1-2-4-11/h5-6,8,11,14,18-19H,1-4,7,9-10H2. The zero-order chi connectivity index (χ0) is 13.7. The van der Waals surface area contributed by atoms with E-state index in [1.807, 2.05) is 0 Å². The van der Waals surface area contributed by atoms with Gasteiger partial charge in [0.2, 0.25) is 0 Å². The molecule has 0 bridgehead atoms. The molecule has 1 aliphatic rings. The first-order valence-corrected chi connectivity index (χ1v) is 7.77. The highest BCUT2D eigenvalue weighted by molar-refractivity contribution is 9.10. The van der Waals surface area contributed by atoms with E-state index in [-0.39, 0.29) is 11.9 Å². The number of rotatable bonds is 6. The van der Waals surface area contributed by atoms with E-state index in [9.17, 15) is 9.50 Å². The third kappa shape index (κ3) is 4.86. The molecule has 0 amide bonds. The van der Waals surface area contributed by atoms with Crippen molar-refractivity contribution < 1.29 is 9.50 Å². The van der Waals surface area contributed by atoms with Gasteiger partial charge in [0.05, 0.1) is 6.10 Å². The molecule has 1 saturated carbocycles. The van der Waals surface area contributed by atoms with Crippen LogP contribution in [0, 0.1) is 11.7 Å². The molecule has 19 heavy (non-hydrogen) atoms. The van der Waals surface area contributed by atoms with Crippen molar-refractivity contribution in [3.8, 4) is 0 Å². The SMILES string of the molecule is OC(CNCc1cc(Br)ccc1F)CC1CCCC1. The Morgan fingerprint density at radius 1 is 1.37 bits per heavy atom. The zero-order valence-electron chi connectivity index (χ0n) is 11.0. The Morgan fingerprint density at radius 2 is 2.11 bits per heavy atom. The summed E-state index contributed by atoms with van der Waals surface area (Å²) in [5.41, 5.74) is 0.627. The van der Waals surface area contributed by atoms with E-state index < -0.39 is 0 Å². The zero-order valence-corrected chi connectivity index (χ0v) is 12.6. The summed E-state index contributed by atoms with van der Waals surface area (Å²) in [4.78, 5) is 0. The normalized spacial score (nSPS) is 17.8. The Bertz CT molecular complexity index is 407. The van der Waals surface area contributed by atoms with Crippen LogP contribution in [0.2, 0.25) is 0 Å². The van der Waals surface area contributed by atoms with Gasteiger partial charge in [0, 0.05) is 23.1 Å². The van der Waals surface area contributed by atoms with Gasteiger partial charge in [-0.2, -0.15) is 0 Å². The summed E-state index contributed by atoms with van der Waals surface area (Å²) in [6.45, 7) is 0.982. The first-order chi connectivity index (χ1) is 9.15. The van der Waals surface area contributed by atoms with Gasteiger partial charge in [0.15, 0.2) is 0 Å². The predicted molar refractivity (Wildman–Crippen MR) is 78.4 cm³/mol. The Kier molecular flexibility index (Phi) is 5.79. The molecular weight excluding hydrogens is 309 g/mol.